The fourth-order valence-corrected chi connectivity index (χ4v) is 13.1. The molecule has 1 saturated heterocycles. The van der Waals surface area contributed by atoms with Crippen LogP contribution in [0.25, 0.3) is 11.2 Å². The summed E-state index contributed by atoms with van der Waals surface area (Å²) in [5.41, 5.74) is 4.11. The Morgan fingerprint density at radius 3 is 2.36 bits per heavy atom. The number of hydrogen-bond donors (Lipinski definition) is 6. The fourth-order valence-electron chi connectivity index (χ4n) is 11.0. The molecule has 30 nitrogen and oxygen atoms in total. The number of alkyl carbamates (subject to hydrolysis) is 1. The molecule has 6 heterocycles. The van der Waals surface area contributed by atoms with Crippen molar-refractivity contribution in [2.45, 2.75) is 103 Å². The monoisotopic (exact) mass is 1320 g/mol. The summed E-state index contributed by atoms with van der Waals surface area (Å²) in [4.78, 5) is 90.6. The van der Waals surface area contributed by atoms with Crippen LogP contribution in [0, 0.1) is 17.0 Å². The number of aromatic amines is 1. The van der Waals surface area contributed by atoms with E-state index in [0.29, 0.717) is 30.8 Å². The second-order valence-corrected chi connectivity index (χ2v) is 26.6. The molecule has 3 aliphatic heterocycles. The molecule has 9 rings (SSSR count). The molecule has 3 aliphatic rings. The average Bonchev–Trinajstić information content (AvgIpc) is 1.61. The number of H-pyrrole nitrogens is 1. The Morgan fingerprint density at radius 2 is 1.62 bits per heavy atom. The highest BCUT2D eigenvalue weighted by Gasteiger charge is 2.45. The lowest BCUT2D eigenvalue weighted by Gasteiger charge is -2.26. The topological polar surface area (TPSA) is 383 Å². The Kier molecular flexibility index (Phi) is 21.2. The van der Waals surface area contributed by atoms with Gasteiger partial charge in [-0.25, -0.2) is 28.3 Å². The van der Waals surface area contributed by atoms with E-state index in [1.54, 1.807) is 6.07 Å². The number of ether oxygens (including phenoxy) is 2. The van der Waals surface area contributed by atoms with Crippen LogP contribution in [0.2, 0.25) is 0 Å². The molecule has 486 valence electrons. The molecule has 6 aromatic rings. The molecule has 0 spiro atoms. The third-order valence-electron chi connectivity index (χ3n) is 15.4. The first-order chi connectivity index (χ1) is 43.2. The number of nitro benzene ring substituents is 1. The fraction of sp³-hybridized carbons (Fsp3) is 0.397. The van der Waals surface area contributed by atoms with Crippen LogP contribution in [0.4, 0.5) is 21.9 Å². The number of amides is 1. The number of benzene rings is 3. The van der Waals surface area contributed by atoms with Gasteiger partial charge in [-0.2, -0.15) is 4.58 Å². The number of nitro groups is 1. The minimum Gasteiger partial charge on any atom is -0.441 e. The molecule has 91 heavy (non-hydrogen) atoms. The van der Waals surface area contributed by atoms with E-state index in [-0.39, 0.29) is 52.9 Å². The number of rotatable bonds is 29. The zero-order valence-corrected chi connectivity index (χ0v) is 53.1. The molecular formula is C58H70N10O20P3+. The first kappa shape index (κ1) is 67.7. The van der Waals surface area contributed by atoms with Gasteiger partial charge < -0.3 is 34.6 Å². The van der Waals surface area contributed by atoms with Crippen molar-refractivity contribution in [3.8, 4) is 0 Å². The number of carbonyl (C=O) groups is 1. The standard InChI is InChI=1S/C58H69N10O20P3/c1-38-35-66(55(71)61-54(38)70)52-34-45(49(87-52)37-85-91(79,80)88-67-53-44(62-63-67)19-14-26-59-53)60-56(72)86-39(2)41-33-40(24-25-46(41)68(73)74)36-84-90(77,78)83-32-31-82-89(75,76)81-30-16-28-65-48-21-13-11-18-43(48)58(5,6)51(65)23-9-7-8-22-50-57(3,4)42-17-10-12-20-47(42)64(50)27-15-29-69/h7-14,17-26,33,35,39,45,49,52,69H,15-16,27-32,34,36-37H2,1-6H3,(H4-,60,61,70,71,72,75,76,77,78,79,80)/p+1/t39?,45-,49-,52-/m1/s1. The number of allylic oxidation sites excluding steroid dienone is 6. The first-order valence-corrected chi connectivity index (χ1v) is 33.2. The second-order valence-electron chi connectivity index (χ2n) is 22.4. The number of nitrogens with one attached hydrogen (secondary N) is 2. The van der Waals surface area contributed by atoms with Crippen LogP contribution in [0.15, 0.2) is 137 Å². The Bertz CT molecular complexity index is 4090. The van der Waals surface area contributed by atoms with E-state index >= 15 is 0 Å². The van der Waals surface area contributed by atoms with Crippen LogP contribution in [-0.4, -0.2) is 129 Å². The van der Waals surface area contributed by atoms with E-state index in [2.05, 4.69) is 93.1 Å². The van der Waals surface area contributed by atoms with E-state index in [1.807, 2.05) is 48.6 Å². The van der Waals surface area contributed by atoms with Gasteiger partial charge in [0.2, 0.25) is 11.3 Å². The number of aryl methyl sites for hydroxylation is 1. The molecule has 6 N–H and O–H groups in total. The summed E-state index contributed by atoms with van der Waals surface area (Å²) < 4.78 is 84.4. The van der Waals surface area contributed by atoms with Gasteiger partial charge in [0.25, 0.3) is 11.2 Å². The number of aliphatic hydroxyl groups is 1. The lowest BCUT2D eigenvalue weighted by atomic mass is 9.81. The summed E-state index contributed by atoms with van der Waals surface area (Å²) in [6.07, 6.45) is 8.34. The number of phosphoric acid groups is 3. The number of para-hydroxylation sites is 2. The number of aromatic nitrogens is 6. The smallest absolute Gasteiger partial charge is 0.441 e. The first-order valence-electron chi connectivity index (χ1n) is 28.8. The second kappa shape index (κ2) is 28.5. The highest BCUT2D eigenvalue weighted by atomic mass is 31.2. The predicted molar refractivity (Wildman–Crippen MR) is 328 cm³/mol. The number of aliphatic hydroxyl groups excluding tert-OH is 1. The van der Waals surface area contributed by atoms with Crippen molar-refractivity contribution >= 4 is 63.5 Å². The summed E-state index contributed by atoms with van der Waals surface area (Å²) in [6.45, 7) is 9.55. The van der Waals surface area contributed by atoms with Crippen molar-refractivity contribution in [3.63, 3.8) is 0 Å². The van der Waals surface area contributed by atoms with Gasteiger partial charge in [0.15, 0.2) is 12.3 Å². The SMILES string of the molecule is Cc1cn([C@H]2C[C@@H](NC(=O)OC(C)c3cc(COP(=O)(O)OCCOP(=O)(O)OCCC[N+]4=C(/C=C/C=C/C=C5/N(CCCO)c6ccccc6C5(C)C)C(C)(C)c5ccccc54)ccc3[N+](=O)[O-])[C@@H](COP(=O)(O)On3nnc4cccnc43)O2)c(=O)[nH]c1=O. The lowest BCUT2D eigenvalue weighted by Crippen LogP contribution is -2.43. The van der Waals surface area contributed by atoms with Gasteiger partial charge in [0, 0.05) is 84.5 Å². The summed E-state index contributed by atoms with van der Waals surface area (Å²) in [6, 6.07) is 21.7. The molecule has 1 amide bonds. The number of carbonyl (C=O) groups excluding carboxylic acids is 1. The Morgan fingerprint density at radius 1 is 0.901 bits per heavy atom. The van der Waals surface area contributed by atoms with E-state index in [9.17, 15) is 58.0 Å². The molecular weight excluding hydrogens is 1250 g/mol. The molecule has 3 aromatic heterocycles. The van der Waals surface area contributed by atoms with Gasteiger partial charge in [0.1, 0.15) is 24.0 Å². The number of fused-ring (bicyclic) bond motifs is 3. The van der Waals surface area contributed by atoms with Crippen molar-refractivity contribution < 1.29 is 84.5 Å². The Labute approximate surface area is 520 Å². The number of anilines is 1. The summed E-state index contributed by atoms with van der Waals surface area (Å²) >= 11 is 0. The Balaban J connectivity index is 0.759. The molecule has 33 heteroatoms. The minimum absolute atomic E-state index is 0.0147. The van der Waals surface area contributed by atoms with Gasteiger partial charge in [0.05, 0.1) is 55.0 Å². The van der Waals surface area contributed by atoms with Crippen LogP contribution in [-0.2, 0) is 63.2 Å². The quantitative estimate of drug-likeness (QED) is 0.00654. The molecule has 0 bridgehead atoms. The zero-order chi connectivity index (χ0) is 65.5. The van der Waals surface area contributed by atoms with Crippen molar-refractivity contribution in [3.05, 3.63) is 186 Å². The van der Waals surface area contributed by atoms with Gasteiger partial charge in [-0.05, 0) is 91.7 Å². The van der Waals surface area contributed by atoms with Crippen molar-refractivity contribution in [1.82, 2.24) is 35.0 Å². The molecule has 0 aliphatic carbocycles. The van der Waals surface area contributed by atoms with Crippen LogP contribution in [0.5, 0.6) is 0 Å². The van der Waals surface area contributed by atoms with E-state index in [1.165, 1.54) is 50.0 Å². The predicted octanol–water partition coefficient (Wildman–Crippen LogP) is 7.69. The molecule has 0 radical (unpaired) electrons. The maximum atomic E-state index is 13.6. The average molecular weight is 1320 g/mol. The third kappa shape index (κ3) is 16.2. The van der Waals surface area contributed by atoms with Crippen molar-refractivity contribution in [2.24, 2.45) is 0 Å². The molecule has 3 aromatic carbocycles. The number of nitrogens with zero attached hydrogens (tertiary/aromatic N) is 8. The van der Waals surface area contributed by atoms with Gasteiger partial charge in [-0.1, -0.05) is 68.5 Å². The van der Waals surface area contributed by atoms with Crippen molar-refractivity contribution in [1.29, 1.82) is 0 Å². The molecule has 7 atom stereocenters. The van der Waals surface area contributed by atoms with E-state index in [4.69, 9.17) is 36.7 Å². The summed E-state index contributed by atoms with van der Waals surface area (Å²) in [5.74, 6) is 0. The van der Waals surface area contributed by atoms with Crippen LogP contribution in [0.3, 0.4) is 0 Å². The summed E-state index contributed by atoms with van der Waals surface area (Å²) in [7, 11) is -14.6. The lowest BCUT2D eigenvalue weighted by molar-refractivity contribution is -0.438. The van der Waals surface area contributed by atoms with Gasteiger partial charge >= 0.3 is 35.3 Å². The summed E-state index contributed by atoms with van der Waals surface area (Å²) in [5, 5.41) is 31.8. The molecule has 4 unspecified atom stereocenters. The number of pyridine rings is 1. The van der Waals surface area contributed by atoms with Gasteiger partial charge in [-0.3, -0.25) is 56.6 Å². The Hall–Kier alpha value is -7.66. The zero-order valence-electron chi connectivity index (χ0n) is 50.4. The minimum atomic E-state index is -5.03. The van der Waals surface area contributed by atoms with E-state index in [0.717, 1.165) is 39.0 Å². The maximum Gasteiger partial charge on any atom is 0.548 e. The normalized spacial score (nSPS) is 20.4. The van der Waals surface area contributed by atoms with Gasteiger partial charge in [-0.15, -0.1) is 5.10 Å². The highest BCUT2D eigenvalue weighted by molar-refractivity contribution is 7.48. The highest BCUT2D eigenvalue weighted by Crippen LogP contribution is 2.49. The molecule has 0 saturated carbocycles. The van der Waals surface area contributed by atoms with Crippen molar-refractivity contribution in [2.75, 3.05) is 51.0 Å². The third-order valence-corrected chi connectivity index (χ3v) is 18.2. The maximum absolute atomic E-state index is 13.6. The van der Waals surface area contributed by atoms with E-state index < -0.39 is 108 Å². The largest absolute Gasteiger partial charge is 0.548 e. The molecule has 1 fully saturated rings. The number of hydrogen-bond acceptors (Lipinski definition) is 21. The van der Waals surface area contributed by atoms with Crippen LogP contribution >= 0.6 is 23.5 Å². The van der Waals surface area contributed by atoms with Crippen LogP contribution in [0.1, 0.15) is 94.0 Å². The number of phosphoric ester groups is 3. The van der Waals surface area contributed by atoms with Crippen LogP contribution < -0.4 is 26.1 Å².